The number of rotatable bonds is 5. The van der Waals surface area contributed by atoms with Crippen molar-refractivity contribution in [1.82, 2.24) is 19.9 Å². The molecule has 0 radical (unpaired) electrons. The van der Waals surface area contributed by atoms with Gasteiger partial charge in [0.1, 0.15) is 5.82 Å². The van der Waals surface area contributed by atoms with Crippen LogP contribution in [0.15, 0.2) is 61.1 Å². The Labute approximate surface area is 186 Å². The lowest BCUT2D eigenvalue weighted by Crippen LogP contribution is -2.50. The number of carbonyl (C=O) groups excluding carboxylic acids is 1. The Kier molecular flexibility index (Phi) is 5.32. The molecular weight excluding hydrogens is 410 g/mol. The second-order valence-electron chi connectivity index (χ2n) is 8.47. The molecule has 2 aromatic heterocycles. The summed E-state index contributed by atoms with van der Waals surface area (Å²) < 4.78 is 0. The number of benzene rings is 1. The lowest BCUT2D eigenvalue weighted by molar-refractivity contribution is 0.0546. The number of piperidine rings is 1. The van der Waals surface area contributed by atoms with E-state index in [2.05, 4.69) is 20.3 Å². The van der Waals surface area contributed by atoms with Gasteiger partial charge in [-0.1, -0.05) is 29.8 Å². The van der Waals surface area contributed by atoms with Crippen molar-refractivity contribution in [3.05, 3.63) is 71.6 Å². The highest BCUT2D eigenvalue weighted by Gasteiger charge is 2.49. The molecule has 2 aliphatic rings. The molecule has 3 heterocycles. The van der Waals surface area contributed by atoms with Gasteiger partial charge in [0, 0.05) is 43.3 Å². The maximum atomic E-state index is 13.7. The average molecular weight is 434 g/mol. The van der Waals surface area contributed by atoms with Gasteiger partial charge in [0.05, 0.1) is 10.6 Å². The first-order chi connectivity index (χ1) is 15.1. The van der Waals surface area contributed by atoms with Crippen molar-refractivity contribution < 1.29 is 4.79 Å². The van der Waals surface area contributed by atoms with Gasteiger partial charge in [-0.25, -0.2) is 15.0 Å². The van der Waals surface area contributed by atoms with Crippen LogP contribution in [0, 0.1) is 5.41 Å². The van der Waals surface area contributed by atoms with Crippen LogP contribution in [0.3, 0.4) is 0 Å². The third-order valence-corrected chi connectivity index (χ3v) is 6.64. The molecule has 1 N–H and O–H groups in total. The number of pyridine rings is 1. The molecule has 3 aromatic rings. The van der Waals surface area contributed by atoms with Crippen molar-refractivity contribution in [3.8, 4) is 11.4 Å². The second kappa shape index (κ2) is 8.27. The number of anilines is 1. The second-order valence-corrected chi connectivity index (χ2v) is 8.90. The number of halogens is 1. The largest absolute Gasteiger partial charge is 0.368 e. The minimum absolute atomic E-state index is 0.0365. The lowest BCUT2D eigenvalue weighted by Gasteiger charge is -2.40. The molecule has 1 saturated heterocycles. The molecule has 5 rings (SSSR count). The molecule has 7 heteroatoms. The molecule has 0 bridgehead atoms. The lowest BCUT2D eigenvalue weighted by atomic mass is 9.87. The van der Waals surface area contributed by atoms with Gasteiger partial charge in [0.15, 0.2) is 5.82 Å². The Bertz CT molecular complexity index is 1070. The van der Waals surface area contributed by atoms with Crippen molar-refractivity contribution >= 4 is 23.3 Å². The molecule has 6 nitrogen and oxygen atoms in total. The quantitative estimate of drug-likeness (QED) is 0.632. The van der Waals surface area contributed by atoms with E-state index in [-0.39, 0.29) is 11.9 Å². The summed E-state index contributed by atoms with van der Waals surface area (Å²) in [6, 6.07) is 13.2. The third-order valence-electron chi connectivity index (χ3n) is 6.42. The van der Waals surface area contributed by atoms with Crippen molar-refractivity contribution in [3.63, 3.8) is 0 Å². The number of likely N-dealkylation sites (tertiary alicyclic amines) is 1. The van der Waals surface area contributed by atoms with Crippen molar-refractivity contribution in [2.75, 3.05) is 18.4 Å². The first-order valence-electron chi connectivity index (χ1n) is 10.7. The minimum Gasteiger partial charge on any atom is -0.368 e. The van der Waals surface area contributed by atoms with E-state index < -0.39 is 0 Å². The first kappa shape index (κ1) is 19.9. The van der Waals surface area contributed by atoms with E-state index in [0.29, 0.717) is 28.4 Å². The van der Waals surface area contributed by atoms with Gasteiger partial charge < -0.3 is 10.2 Å². The molecule has 1 spiro atoms. The van der Waals surface area contributed by atoms with E-state index >= 15 is 0 Å². The fraction of sp³-hybridized carbons (Fsp3) is 0.333. The molecular formula is C24H24ClN5O. The molecule has 2 fully saturated rings. The molecule has 1 aliphatic heterocycles. The molecule has 158 valence electrons. The highest BCUT2D eigenvalue weighted by Crippen LogP contribution is 2.55. The Morgan fingerprint density at radius 1 is 1.06 bits per heavy atom. The summed E-state index contributed by atoms with van der Waals surface area (Å²) >= 11 is 5.95. The van der Waals surface area contributed by atoms with E-state index in [9.17, 15) is 4.79 Å². The number of nitrogens with one attached hydrogen (secondary N) is 1. The van der Waals surface area contributed by atoms with Crippen molar-refractivity contribution in [2.24, 2.45) is 5.41 Å². The number of amides is 1. The smallest absolute Gasteiger partial charge is 0.254 e. The zero-order valence-electron chi connectivity index (χ0n) is 17.2. The summed E-state index contributed by atoms with van der Waals surface area (Å²) in [5, 5.41) is 4.01. The minimum atomic E-state index is 0.0365. The molecule has 1 aromatic carbocycles. The van der Waals surface area contributed by atoms with Crippen LogP contribution >= 0.6 is 11.6 Å². The fourth-order valence-electron chi connectivity index (χ4n) is 4.49. The molecule has 0 unspecified atom stereocenters. The Hall–Kier alpha value is -2.99. The fourth-order valence-corrected chi connectivity index (χ4v) is 4.60. The van der Waals surface area contributed by atoms with Gasteiger partial charge in [-0.15, -0.1) is 0 Å². The monoisotopic (exact) mass is 433 g/mol. The summed E-state index contributed by atoms with van der Waals surface area (Å²) in [6.45, 7) is 1.43. The summed E-state index contributed by atoms with van der Waals surface area (Å²) in [5.41, 5.74) is 1.83. The topological polar surface area (TPSA) is 71.0 Å². The van der Waals surface area contributed by atoms with Crippen LogP contribution in [0.25, 0.3) is 11.4 Å². The molecule has 1 aliphatic carbocycles. The number of hydrogen-bond acceptors (Lipinski definition) is 5. The van der Waals surface area contributed by atoms with Crippen LogP contribution < -0.4 is 5.32 Å². The van der Waals surface area contributed by atoms with Crippen LogP contribution in [-0.4, -0.2) is 44.9 Å². The van der Waals surface area contributed by atoms with Crippen LogP contribution in [0.4, 0.5) is 5.82 Å². The number of aromatic nitrogens is 3. The third kappa shape index (κ3) is 4.26. The van der Waals surface area contributed by atoms with E-state index in [0.717, 1.165) is 30.8 Å². The van der Waals surface area contributed by atoms with Gasteiger partial charge in [-0.2, -0.15) is 0 Å². The molecule has 31 heavy (non-hydrogen) atoms. The molecule has 1 saturated carbocycles. The highest BCUT2D eigenvalue weighted by atomic mass is 35.5. The normalized spacial score (nSPS) is 19.3. The maximum Gasteiger partial charge on any atom is 0.254 e. The summed E-state index contributed by atoms with van der Waals surface area (Å²) in [4.78, 5) is 28.8. The number of hydrogen-bond donors (Lipinski definition) is 1. The van der Waals surface area contributed by atoms with Crippen LogP contribution in [-0.2, 0) is 0 Å². The van der Waals surface area contributed by atoms with Crippen LogP contribution in [0.2, 0.25) is 5.02 Å². The van der Waals surface area contributed by atoms with Crippen molar-refractivity contribution in [1.29, 1.82) is 0 Å². The standard InChI is InChI=1S/C24H24ClN5O/c25-17-6-7-21(28-15-17)29-16-18-14-24(8-9-24)10-13-30(18)23(31)20-5-2-1-4-19(20)22-26-11-3-12-27-22/h1-7,11-12,15,18H,8-10,13-14,16H2,(H,28,29)/t18-/m0/s1. The van der Waals surface area contributed by atoms with Crippen molar-refractivity contribution in [2.45, 2.75) is 31.7 Å². The highest BCUT2D eigenvalue weighted by molar-refractivity contribution is 6.30. The van der Waals surface area contributed by atoms with Gasteiger partial charge >= 0.3 is 0 Å². The Morgan fingerprint density at radius 3 is 2.61 bits per heavy atom. The SMILES string of the molecule is O=C(c1ccccc1-c1ncccn1)N1CCC2(CC2)C[C@H]1CNc1ccc(Cl)cn1. The predicted molar refractivity (Wildman–Crippen MR) is 121 cm³/mol. The first-order valence-corrected chi connectivity index (χ1v) is 11.0. The number of carbonyl (C=O) groups is 1. The average Bonchev–Trinajstić information content (AvgIpc) is 3.57. The van der Waals surface area contributed by atoms with E-state index in [1.165, 1.54) is 12.8 Å². The maximum absolute atomic E-state index is 13.7. The number of nitrogens with zero attached hydrogens (tertiary/aromatic N) is 4. The Morgan fingerprint density at radius 2 is 1.87 bits per heavy atom. The van der Waals surface area contributed by atoms with Crippen LogP contribution in [0.1, 0.15) is 36.0 Å². The summed E-state index contributed by atoms with van der Waals surface area (Å²) in [7, 11) is 0. The van der Waals surface area contributed by atoms with Gasteiger partial charge in [0.2, 0.25) is 0 Å². The van der Waals surface area contributed by atoms with Crippen LogP contribution in [0.5, 0.6) is 0 Å². The van der Waals surface area contributed by atoms with E-state index in [4.69, 9.17) is 11.6 Å². The van der Waals surface area contributed by atoms with E-state index in [1.54, 1.807) is 24.7 Å². The van der Waals surface area contributed by atoms with Gasteiger partial charge in [0.25, 0.3) is 5.91 Å². The molecule has 1 amide bonds. The zero-order valence-corrected chi connectivity index (χ0v) is 17.9. The summed E-state index contributed by atoms with van der Waals surface area (Å²) in [5.74, 6) is 1.38. The molecule has 1 atom stereocenters. The van der Waals surface area contributed by atoms with Gasteiger partial charge in [-0.05, 0) is 55.4 Å². The predicted octanol–water partition coefficient (Wildman–Crippen LogP) is 4.69. The van der Waals surface area contributed by atoms with Gasteiger partial charge in [-0.3, -0.25) is 4.79 Å². The zero-order chi connectivity index (χ0) is 21.3. The Balaban J connectivity index is 1.39. The summed E-state index contributed by atoms with van der Waals surface area (Å²) in [6.07, 6.45) is 9.65. The van der Waals surface area contributed by atoms with E-state index in [1.807, 2.05) is 41.3 Å².